The van der Waals surface area contributed by atoms with E-state index in [1.807, 2.05) is 4.90 Å². The molecule has 0 radical (unpaired) electrons. The quantitative estimate of drug-likeness (QED) is 0.289. The number of halogens is 1. The molecule has 2 aliphatic heterocycles. The fourth-order valence-electron chi connectivity index (χ4n) is 6.89. The molecule has 1 amide bonds. The van der Waals surface area contributed by atoms with E-state index in [4.69, 9.17) is 4.74 Å². The summed E-state index contributed by atoms with van der Waals surface area (Å²) >= 11 is 0. The van der Waals surface area contributed by atoms with Gasteiger partial charge in [0.15, 0.2) is 0 Å². The first-order valence-electron chi connectivity index (χ1n) is 15.3. The number of ether oxygens (including phenoxy) is 1. The van der Waals surface area contributed by atoms with Crippen molar-refractivity contribution < 1.29 is 13.9 Å². The molecule has 1 atom stereocenters. The molecule has 1 unspecified atom stereocenters. The van der Waals surface area contributed by atoms with Crippen molar-refractivity contribution >= 4 is 22.7 Å². The number of likely N-dealkylation sites (tertiary alicyclic amines) is 1. The number of nitrogens with zero attached hydrogens (tertiary/aromatic N) is 2. The zero-order chi connectivity index (χ0) is 28.3. The number of allylic oxidation sites excluding steroid dienone is 1. The average molecular weight is 553 g/mol. The first-order chi connectivity index (χ1) is 20.0. The van der Waals surface area contributed by atoms with Gasteiger partial charge in [-0.05, 0) is 116 Å². The normalized spacial score (nSPS) is 19.5. The largest absolute Gasteiger partial charge is 0.489 e. The Bertz CT molecular complexity index is 1440. The second kappa shape index (κ2) is 12.2. The van der Waals surface area contributed by atoms with Crippen molar-refractivity contribution in [2.75, 3.05) is 37.8 Å². The van der Waals surface area contributed by atoms with Crippen LogP contribution in [0.3, 0.4) is 0 Å². The number of hydrogen-bond donors (Lipinski definition) is 0. The summed E-state index contributed by atoms with van der Waals surface area (Å²) in [5.41, 5.74) is 11.4. The van der Waals surface area contributed by atoms with Gasteiger partial charge in [-0.2, -0.15) is 0 Å². The van der Waals surface area contributed by atoms with E-state index >= 15 is 0 Å². The molecule has 1 aliphatic carbocycles. The van der Waals surface area contributed by atoms with Gasteiger partial charge in [-0.25, -0.2) is 0 Å². The van der Waals surface area contributed by atoms with Crippen LogP contribution >= 0.6 is 0 Å². The van der Waals surface area contributed by atoms with Crippen LogP contribution in [0, 0.1) is 13.8 Å². The Labute approximate surface area is 243 Å². The summed E-state index contributed by atoms with van der Waals surface area (Å²) in [6.07, 6.45) is 6.36. The molecule has 3 aliphatic rings. The molecule has 3 aromatic carbocycles. The molecule has 5 heteroatoms. The van der Waals surface area contributed by atoms with Gasteiger partial charge in [0, 0.05) is 38.3 Å². The number of fused-ring (bicyclic) bond motifs is 1. The van der Waals surface area contributed by atoms with Crippen molar-refractivity contribution in [3.8, 4) is 5.75 Å². The van der Waals surface area contributed by atoms with E-state index in [-0.39, 0.29) is 18.7 Å². The van der Waals surface area contributed by atoms with Crippen molar-refractivity contribution in [1.29, 1.82) is 0 Å². The Morgan fingerprint density at radius 3 is 2.49 bits per heavy atom. The van der Waals surface area contributed by atoms with Gasteiger partial charge >= 0.3 is 0 Å². The molecule has 3 aromatic rings. The monoisotopic (exact) mass is 552 g/mol. The first-order valence-corrected chi connectivity index (χ1v) is 15.3. The van der Waals surface area contributed by atoms with Crippen molar-refractivity contribution in [2.45, 2.75) is 64.9 Å². The molecule has 2 heterocycles. The molecule has 0 N–H and O–H groups in total. The van der Waals surface area contributed by atoms with E-state index in [0.29, 0.717) is 12.8 Å². The smallest absolute Gasteiger partial charge is 0.227 e. The zero-order valence-corrected chi connectivity index (χ0v) is 24.4. The Morgan fingerprint density at radius 1 is 0.902 bits per heavy atom. The lowest BCUT2D eigenvalue weighted by atomic mass is 9.86. The lowest BCUT2D eigenvalue weighted by molar-refractivity contribution is -0.117. The Morgan fingerprint density at radius 2 is 1.73 bits per heavy atom. The van der Waals surface area contributed by atoms with Crippen LogP contribution in [-0.2, 0) is 11.2 Å². The SMILES string of the molecule is Cc1ccc(C2=C(c3ccc(OC4CCN(CCCF)C4)cc3)c3ccc(N4CCCC4=O)cc3CCC2)c(C)c1. The third kappa shape index (κ3) is 5.97. The summed E-state index contributed by atoms with van der Waals surface area (Å²) in [7, 11) is 0. The molecule has 4 nitrogen and oxygen atoms in total. The number of alkyl halides is 1. The number of hydrogen-bond acceptors (Lipinski definition) is 3. The predicted octanol–water partition coefficient (Wildman–Crippen LogP) is 7.54. The molecule has 6 rings (SSSR count). The van der Waals surface area contributed by atoms with Crippen LogP contribution < -0.4 is 9.64 Å². The minimum absolute atomic E-state index is 0.149. The fraction of sp³-hybridized carbons (Fsp3) is 0.417. The van der Waals surface area contributed by atoms with Gasteiger partial charge in [0.05, 0.1) is 6.67 Å². The number of benzene rings is 3. The number of amides is 1. The number of rotatable bonds is 8. The summed E-state index contributed by atoms with van der Waals surface area (Å²) < 4.78 is 19.0. The fourth-order valence-corrected chi connectivity index (χ4v) is 6.89. The second-order valence-corrected chi connectivity index (χ2v) is 11.9. The van der Waals surface area contributed by atoms with Gasteiger partial charge in [0.25, 0.3) is 0 Å². The topological polar surface area (TPSA) is 32.8 Å². The minimum Gasteiger partial charge on any atom is -0.489 e. The molecule has 0 saturated carbocycles. The maximum atomic E-state index is 12.6. The molecular weight excluding hydrogens is 511 g/mol. The molecule has 2 saturated heterocycles. The van der Waals surface area contributed by atoms with Gasteiger partial charge in [-0.1, -0.05) is 42.0 Å². The molecule has 214 valence electrons. The van der Waals surface area contributed by atoms with E-state index in [1.54, 1.807) is 0 Å². The van der Waals surface area contributed by atoms with Crippen LogP contribution in [0.1, 0.15) is 71.9 Å². The van der Waals surface area contributed by atoms with Crippen LogP contribution in [-0.4, -0.2) is 49.8 Å². The van der Waals surface area contributed by atoms with Crippen molar-refractivity contribution in [3.05, 3.63) is 94.0 Å². The van der Waals surface area contributed by atoms with E-state index in [0.717, 1.165) is 69.7 Å². The van der Waals surface area contributed by atoms with Crippen molar-refractivity contribution in [3.63, 3.8) is 0 Å². The maximum absolute atomic E-state index is 12.6. The summed E-state index contributed by atoms with van der Waals surface area (Å²) in [5, 5.41) is 0. The van der Waals surface area contributed by atoms with Crippen LogP contribution in [0.4, 0.5) is 10.1 Å². The van der Waals surface area contributed by atoms with Gasteiger partial charge in [-0.15, -0.1) is 0 Å². The second-order valence-electron chi connectivity index (χ2n) is 11.9. The average Bonchev–Trinajstić information content (AvgIpc) is 3.56. The third-order valence-electron chi connectivity index (χ3n) is 8.91. The standard InChI is InChI=1S/C36H41FN2O2/c1-25-9-15-32(26(2)22-25)34-7-3-6-28-23-29(39-20-4-8-35(39)40)12-16-33(28)36(34)27-10-13-30(14-11-27)41-31-17-21-38(24-31)19-5-18-37/h9-16,22-23,31H,3-8,17-21,24H2,1-2H3. The van der Waals surface area contributed by atoms with E-state index in [9.17, 15) is 9.18 Å². The van der Waals surface area contributed by atoms with Crippen molar-refractivity contribution in [1.82, 2.24) is 4.90 Å². The van der Waals surface area contributed by atoms with Gasteiger partial charge in [0.2, 0.25) is 5.91 Å². The van der Waals surface area contributed by atoms with Crippen LogP contribution in [0.5, 0.6) is 5.75 Å². The Balaban J connectivity index is 1.36. The molecule has 0 bridgehead atoms. The van der Waals surface area contributed by atoms with E-state index < -0.39 is 0 Å². The predicted molar refractivity (Wildman–Crippen MR) is 165 cm³/mol. The number of carbonyl (C=O) groups excluding carboxylic acids is 1. The maximum Gasteiger partial charge on any atom is 0.227 e. The lowest BCUT2D eigenvalue weighted by Crippen LogP contribution is -2.26. The summed E-state index contributed by atoms with van der Waals surface area (Å²) in [4.78, 5) is 16.8. The Kier molecular flexibility index (Phi) is 8.25. The van der Waals surface area contributed by atoms with Gasteiger partial charge < -0.3 is 9.64 Å². The summed E-state index contributed by atoms with van der Waals surface area (Å²) in [6, 6.07) is 22.1. The molecular formula is C36H41FN2O2. The van der Waals surface area contributed by atoms with Crippen molar-refractivity contribution in [2.24, 2.45) is 0 Å². The van der Waals surface area contributed by atoms with Crippen LogP contribution in [0.25, 0.3) is 11.1 Å². The van der Waals surface area contributed by atoms with Gasteiger partial charge in [0.1, 0.15) is 11.9 Å². The molecule has 0 spiro atoms. The molecule has 2 fully saturated rings. The highest BCUT2D eigenvalue weighted by atomic mass is 19.1. The number of anilines is 1. The van der Waals surface area contributed by atoms with Crippen LogP contribution in [0.2, 0.25) is 0 Å². The summed E-state index contributed by atoms with van der Waals surface area (Å²) in [6.45, 7) is 7.55. The highest BCUT2D eigenvalue weighted by Gasteiger charge is 2.26. The Hall–Kier alpha value is -3.44. The first kappa shape index (κ1) is 27.7. The van der Waals surface area contributed by atoms with Crippen LogP contribution in [0.15, 0.2) is 60.7 Å². The van der Waals surface area contributed by atoms with E-state index in [2.05, 4.69) is 79.4 Å². The van der Waals surface area contributed by atoms with E-state index in [1.165, 1.54) is 44.5 Å². The zero-order valence-electron chi connectivity index (χ0n) is 24.4. The third-order valence-corrected chi connectivity index (χ3v) is 8.91. The summed E-state index contributed by atoms with van der Waals surface area (Å²) in [5.74, 6) is 1.12. The number of carbonyl (C=O) groups is 1. The van der Waals surface area contributed by atoms with Gasteiger partial charge in [-0.3, -0.25) is 14.1 Å². The molecule has 0 aromatic heterocycles. The lowest BCUT2D eigenvalue weighted by Gasteiger charge is -2.21. The number of aryl methyl sites for hydroxylation is 3. The highest BCUT2D eigenvalue weighted by molar-refractivity contribution is 6.01. The minimum atomic E-state index is -0.260. The highest BCUT2D eigenvalue weighted by Crippen LogP contribution is 2.42. The molecule has 41 heavy (non-hydrogen) atoms.